The van der Waals surface area contributed by atoms with E-state index in [1.807, 2.05) is 6.07 Å². The molecule has 0 aromatic carbocycles. The van der Waals surface area contributed by atoms with Crippen molar-refractivity contribution in [1.29, 1.82) is 5.26 Å². The first-order valence-corrected chi connectivity index (χ1v) is 7.68. The lowest BCUT2D eigenvalue weighted by Gasteiger charge is -2.28. The molecule has 23 heavy (non-hydrogen) atoms. The molecule has 2 aromatic heterocycles. The number of hydrogen-bond acceptors (Lipinski definition) is 4. The van der Waals surface area contributed by atoms with E-state index in [4.69, 9.17) is 28.5 Å². The van der Waals surface area contributed by atoms with Gasteiger partial charge in [-0.1, -0.05) is 23.4 Å². The molecule has 5 nitrogen and oxygen atoms in total. The quantitative estimate of drug-likeness (QED) is 0.525. The van der Waals surface area contributed by atoms with E-state index in [2.05, 4.69) is 21.8 Å². The van der Waals surface area contributed by atoms with Crippen LogP contribution in [0.25, 0.3) is 0 Å². The standard InChI is InChI=1S/C16H12Cl2N4O/c17-14-2-1-12(8-21-14)3-4-16(23,15(18)5-6-15)10-22-11-20-9-13(22)7-19/h1-2,8-9,11,23H,5-6,10H2. The lowest BCUT2D eigenvalue weighted by Crippen LogP contribution is -2.43. The second-order valence-corrected chi connectivity index (χ2v) is 6.57. The summed E-state index contributed by atoms with van der Waals surface area (Å²) in [5.74, 6) is 5.74. The van der Waals surface area contributed by atoms with Crippen LogP contribution in [0.4, 0.5) is 0 Å². The van der Waals surface area contributed by atoms with Gasteiger partial charge in [0.2, 0.25) is 0 Å². The number of nitrogens with zero attached hydrogens (tertiary/aromatic N) is 4. The van der Waals surface area contributed by atoms with Crippen LogP contribution in [0, 0.1) is 23.2 Å². The Morgan fingerprint density at radius 2 is 2.17 bits per heavy atom. The Morgan fingerprint density at radius 3 is 2.78 bits per heavy atom. The van der Waals surface area contributed by atoms with E-state index in [-0.39, 0.29) is 6.54 Å². The van der Waals surface area contributed by atoms with Crippen LogP contribution in [0.2, 0.25) is 5.15 Å². The summed E-state index contributed by atoms with van der Waals surface area (Å²) in [4.78, 5) is 7.06. The summed E-state index contributed by atoms with van der Waals surface area (Å²) in [6, 6.07) is 5.37. The van der Waals surface area contributed by atoms with Crippen molar-refractivity contribution in [3.8, 4) is 17.9 Å². The molecule has 3 rings (SSSR count). The Morgan fingerprint density at radius 1 is 1.39 bits per heavy atom. The molecule has 116 valence electrons. The van der Waals surface area contributed by atoms with Gasteiger partial charge in [-0.25, -0.2) is 9.97 Å². The van der Waals surface area contributed by atoms with E-state index in [0.717, 1.165) is 0 Å². The van der Waals surface area contributed by atoms with Crippen molar-refractivity contribution in [2.24, 2.45) is 0 Å². The maximum Gasteiger partial charge on any atom is 0.162 e. The molecule has 1 fully saturated rings. The van der Waals surface area contributed by atoms with Gasteiger partial charge in [0.15, 0.2) is 5.60 Å². The van der Waals surface area contributed by atoms with Gasteiger partial charge in [0.1, 0.15) is 16.9 Å². The summed E-state index contributed by atoms with van der Waals surface area (Å²) in [5, 5.41) is 20.5. The molecular weight excluding hydrogens is 335 g/mol. The molecule has 0 aliphatic heterocycles. The van der Waals surface area contributed by atoms with Crippen molar-refractivity contribution in [2.75, 3.05) is 0 Å². The average molecular weight is 347 g/mol. The summed E-state index contributed by atoms with van der Waals surface area (Å²) in [6.45, 7) is 0.0768. The number of aliphatic hydroxyl groups is 1. The van der Waals surface area contributed by atoms with Crippen LogP contribution in [-0.2, 0) is 6.54 Å². The topological polar surface area (TPSA) is 74.7 Å². The Labute approximate surface area is 143 Å². The third-order valence-corrected chi connectivity index (χ3v) is 4.71. The molecule has 1 unspecified atom stereocenters. The smallest absolute Gasteiger partial charge is 0.162 e. The monoisotopic (exact) mass is 346 g/mol. The highest BCUT2D eigenvalue weighted by Gasteiger charge is 2.57. The molecule has 1 aliphatic rings. The van der Waals surface area contributed by atoms with Crippen molar-refractivity contribution in [2.45, 2.75) is 29.9 Å². The second-order valence-electron chi connectivity index (χ2n) is 5.46. The Kier molecular flexibility index (Phi) is 4.04. The first-order chi connectivity index (χ1) is 11.0. The van der Waals surface area contributed by atoms with Crippen LogP contribution in [0.15, 0.2) is 30.9 Å². The molecule has 1 N–H and O–H groups in total. The third kappa shape index (κ3) is 3.18. The predicted octanol–water partition coefficient (Wildman–Crippen LogP) is 2.36. The fraction of sp³-hybridized carbons (Fsp3) is 0.312. The van der Waals surface area contributed by atoms with Crippen LogP contribution in [0.3, 0.4) is 0 Å². The maximum atomic E-state index is 11.0. The number of aromatic nitrogens is 3. The van der Waals surface area contributed by atoms with E-state index >= 15 is 0 Å². The van der Waals surface area contributed by atoms with Crippen LogP contribution in [0.1, 0.15) is 24.1 Å². The van der Waals surface area contributed by atoms with E-state index in [9.17, 15) is 5.11 Å². The Bertz CT molecular complexity index is 824. The molecule has 1 atom stereocenters. The highest BCUT2D eigenvalue weighted by molar-refractivity contribution is 6.29. The van der Waals surface area contributed by atoms with E-state index in [1.165, 1.54) is 18.7 Å². The maximum absolute atomic E-state index is 11.0. The molecule has 2 heterocycles. The van der Waals surface area contributed by atoms with Crippen molar-refractivity contribution < 1.29 is 5.11 Å². The van der Waals surface area contributed by atoms with Crippen molar-refractivity contribution in [3.63, 3.8) is 0 Å². The van der Waals surface area contributed by atoms with E-state index < -0.39 is 10.5 Å². The first kappa shape index (κ1) is 15.8. The van der Waals surface area contributed by atoms with E-state index in [1.54, 1.807) is 16.7 Å². The van der Waals surface area contributed by atoms with Crippen LogP contribution < -0.4 is 0 Å². The van der Waals surface area contributed by atoms with Gasteiger partial charge in [-0.05, 0) is 25.0 Å². The molecular formula is C16H12Cl2N4O. The van der Waals surface area contributed by atoms with Crippen molar-refractivity contribution >= 4 is 23.2 Å². The molecule has 1 saturated carbocycles. The van der Waals surface area contributed by atoms with Gasteiger partial charge in [-0.3, -0.25) is 0 Å². The normalized spacial score (nSPS) is 17.5. The molecule has 1 aliphatic carbocycles. The number of nitriles is 1. The minimum atomic E-state index is -1.47. The number of halogens is 2. The van der Waals surface area contributed by atoms with Gasteiger partial charge in [0.05, 0.1) is 23.9 Å². The Hall–Kier alpha value is -2.05. The van der Waals surface area contributed by atoms with Gasteiger partial charge in [-0.2, -0.15) is 5.26 Å². The van der Waals surface area contributed by atoms with Gasteiger partial charge < -0.3 is 9.67 Å². The molecule has 0 radical (unpaired) electrons. The predicted molar refractivity (Wildman–Crippen MR) is 85.8 cm³/mol. The van der Waals surface area contributed by atoms with Gasteiger partial charge in [-0.15, -0.1) is 11.6 Å². The average Bonchev–Trinajstić information content (AvgIpc) is 3.15. The SMILES string of the molecule is N#Cc1cncn1CC(O)(C#Cc1ccc(Cl)nc1)C1(Cl)CC1. The lowest BCUT2D eigenvalue weighted by molar-refractivity contribution is 0.0692. The highest BCUT2D eigenvalue weighted by Crippen LogP contribution is 2.51. The summed E-state index contributed by atoms with van der Waals surface area (Å²) in [5.41, 5.74) is -0.500. The third-order valence-electron chi connectivity index (χ3n) is 3.80. The van der Waals surface area contributed by atoms with Crippen LogP contribution in [-0.4, -0.2) is 30.1 Å². The lowest BCUT2D eigenvalue weighted by atomic mass is 9.97. The number of rotatable bonds is 3. The largest absolute Gasteiger partial charge is 0.374 e. The number of pyridine rings is 1. The molecule has 2 aromatic rings. The zero-order chi connectivity index (χ0) is 16.5. The van der Waals surface area contributed by atoms with Gasteiger partial charge in [0, 0.05) is 11.8 Å². The molecule has 0 amide bonds. The fourth-order valence-electron chi connectivity index (χ4n) is 2.23. The zero-order valence-electron chi connectivity index (χ0n) is 12.0. The zero-order valence-corrected chi connectivity index (χ0v) is 13.5. The van der Waals surface area contributed by atoms with Crippen molar-refractivity contribution in [3.05, 3.63) is 47.3 Å². The molecule has 7 heteroatoms. The Balaban J connectivity index is 1.92. The summed E-state index contributed by atoms with van der Waals surface area (Å²) in [7, 11) is 0. The first-order valence-electron chi connectivity index (χ1n) is 6.92. The minimum Gasteiger partial charge on any atom is -0.374 e. The van der Waals surface area contributed by atoms with Crippen LogP contribution in [0.5, 0.6) is 0 Å². The van der Waals surface area contributed by atoms with Gasteiger partial charge in [0.25, 0.3) is 0 Å². The van der Waals surface area contributed by atoms with Crippen molar-refractivity contribution in [1.82, 2.24) is 14.5 Å². The fourth-order valence-corrected chi connectivity index (χ4v) is 2.54. The van der Waals surface area contributed by atoms with E-state index in [0.29, 0.717) is 29.3 Å². The summed E-state index contributed by atoms with van der Waals surface area (Å²) in [6.07, 6.45) is 5.77. The molecule has 0 bridgehead atoms. The minimum absolute atomic E-state index is 0.0768. The number of alkyl halides is 1. The highest BCUT2D eigenvalue weighted by atomic mass is 35.5. The summed E-state index contributed by atoms with van der Waals surface area (Å²) >= 11 is 12.2. The van der Waals surface area contributed by atoms with Crippen LogP contribution >= 0.6 is 23.2 Å². The number of hydrogen-bond donors (Lipinski definition) is 1. The molecule has 0 spiro atoms. The molecule has 0 saturated heterocycles. The second kappa shape index (κ2) is 5.86. The summed E-state index contributed by atoms with van der Waals surface area (Å²) < 4.78 is 1.55. The van der Waals surface area contributed by atoms with Gasteiger partial charge >= 0.3 is 0 Å². The number of imidazole rings is 1.